The Balaban J connectivity index is 2.52. The molecule has 0 aliphatic carbocycles. The highest BCUT2D eigenvalue weighted by Gasteiger charge is 2.15. The molecule has 0 saturated carbocycles. The van der Waals surface area contributed by atoms with Gasteiger partial charge in [-0.25, -0.2) is 0 Å². The van der Waals surface area contributed by atoms with E-state index in [0.717, 1.165) is 19.3 Å². The van der Waals surface area contributed by atoms with Crippen LogP contribution >= 0.6 is 0 Å². The smallest absolute Gasteiger partial charge is 0.0608 e. The van der Waals surface area contributed by atoms with Gasteiger partial charge in [0.1, 0.15) is 0 Å². The van der Waals surface area contributed by atoms with Gasteiger partial charge in [0.25, 0.3) is 0 Å². The normalized spacial score (nSPS) is 13.1. The van der Waals surface area contributed by atoms with E-state index in [4.69, 9.17) is 0 Å². The summed E-state index contributed by atoms with van der Waals surface area (Å²) in [5.74, 6) is 0.440. The maximum absolute atomic E-state index is 9.96. The van der Waals surface area contributed by atoms with Gasteiger partial charge in [-0.3, -0.25) is 0 Å². The van der Waals surface area contributed by atoms with Gasteiger partial charge in [0, 0.05) is 0 Å². The van der Waals surface area contributed by atoms with Gasteiger partial charge in [-0.15, -0.1) is 0 Å². The quantitative estimate of drug-likeness (QED) is 0.760. The van der Waals surface area contributed by atoms with Crippen LogP contribution in [0.25, 0.3) is 0 Å². The molecule has 1 heteroatoms. The maximum Gasteiger partial charge on any atom is 0.0608 e. The average Bonchev–Trinajstić information content (AvgIpc) is 2.21. The molecule has 0 aliphatic rings. The molecule has 0 saturated heterocycles. The second kappa shape index (κ2) is 5.82. The summed E-state index contributed by atoms with van der Waals surface area (Å²) in [6.45, 7) is 4.28. The maximum atomic E-state index is 9.96. The third-order valence-electron chi connectivity index (χ3n) is 2.88. The first-order chi connectivity index (χ1) is 6.77. The van der Waals surface area contributed by atoms with Gasteiger partial charge < -0.3 is 5.11 Å². The highest BCUT2D eigenvalue weighted by Crippen LogP contribution is 2.16. The fourth-order valence-electron chi connectivity index (χ4n) is 1.86. The van der Waals surface area contributed by atoms with Crippen LogP contribution in [-0.4, -0.2) is 11.2 Å². The summed E-state index contributed by atoms with van der Waals surface area (Å²) < 4.78 is 0. The van der Waals surface area contributed by atoms with Gasteiger partial charge in [-0.05, 0) is 17.9 Å². The molecule has 0 bridgehead atoms. The molecule has 0 spiro atoms. The zero-order valence-electron chi connectivity index (χ0n) is 9.11. The van der Waals surface area contributed by atoms with Crippen molar-refractivity contribution < 1.29 is 5.11 Å². The monoisotopic (exact) mass is 192 g/mol. The van der Waals surface area contributed by atoms with E-state index >= 15 is 0 Å². The van der Waals surface area contributed by atoms with Crippen LogP contribution in [0.4, 0.5) is 0 Å². The van der Waals surface area contributed by atoms with Crippen LogP contribution in [0.3, 0.4) is 0 Å². The molecule has 1 atom stereocenters. The summed E-state index contributed by atoms with van der Waals surface area (Å²) in [6, 6.07) is 10.2. The van der Waals surface area contributed by atoms with Gasteiger partial charge >= 0.3 is 0 Å². The lowest BCUT2D eigenvalue weighted by Gasteiger charge is -2.19. The highest BCUT2D eigenvalue weighted by atomic mass is 16.3. The Bertz CT molecular complexity index is 239. The molecule has 78 valence electrons. The van der Waals surface area contributed by atoms with E-state index in [0.29, 0.717) is 5.92 Å². The zero-order valence-corrected chi connectivity index (χ0v) is 9.11. The van der Waals surface area contributed by atoms with Crippen molar-refractivity contribution in [2.24, 2.45) is 5.92 Å². The highest BCUT2D eigenvalue weighted by molar-refractivity contribution is 5.15. The van der Waals surface area contributed by atoms with E-state index in [-0.39, 0.29) is 6.10 Å². The van der Waals surface area contributed by atoms with Crippen LogP contribution in [0.2, 0.25) is 0 Å². The summed E-state index contributed by atoms with van der Waals surface area (Å²) in [4.78, 5) is 0. The Kier molecular flexibility index (Phi) is 4.68. The second-order valence-corrected chi connectivity index (χ2v) is 3.83. The Hall–Kier alpha value is -0.820. The molecule has 0 aliphatic heterocycles. The molecule has 1 N–H and O–H groups in total. The Morgan fingerprint density at radius 3 is 2.14 bits per heavy atom. The molecule has 0 heterocycles. The van der Waals surface area contributed by atoms with Crippen molar-refractivity contribution in [1.82, 2.24) is 0 Å². The van der Waals surface area contributed by atoms with Crippen LogP contribution < -0.4 is 0 Å². The van der Waals surface area contributed by atoms with Crippen molar-refractivity contribution in [2.45, 2.75) is 39.2 Å². The Morgan fingerprint density at radius 1 is 1.07 bits per heavy atom. The standard InChI is InChI=1S/C13H20O/c1-3-12(4-2)13(14)10-11-8-6-5-7-9-11/h5-9,12-14H,3-4,10H2,1-2H3. The van der Waals surface area contributed by atoms with Crippen LogP contribution in [0.15, 0.2) is 30.3 Å². The summed E-state index contributed by atoms with van der Waals surface area (Å²) in [5, 5.41) is 9.96. The van der Waals surface area contributed by atoms with E-state index in [1.165, 1.54) is 5.56 Å². The van der Waals surface area contributed by atoms with Crippen molar-refractivity contribution in [2.75, 3.05) is 0 Å². The lowest BCUT2D eigenvalue weighted by Crippen LogP contribution is -2.21. The van der Waals surface area contributed by atoms with Crippen molar-refractivity contribution in [1.29, 1.82) is 0 Å². The molecule has 0 aromatic heterocycles. The largest absolute Gasteiger partial charge is 0.392 e. The molecule has 14 heavy (non-hydrogen) atoms. The first-order valence-corrected chi connectivity index (χ1v) is 5.49. The minimum absolute atomic E-state index is 0.188. The SMILES string of the molecule is CCC(CC)C(O)Cc1ccccc1. The molecule has 1 aromatic rings. The van der Waals surface area contributed by atoms with Crippen molar-refractivity contribution in [3.63, 3.8) is 0 Å². The van der Waals surface area contributed by atoms with E-state index in [1.807, 2.05) is 18.2 Å². The minimum Gasteiger partial charge on any atom is -0.392 e. The number of hydrogen-bond donors (Lipinski definition) is 1. The molecule has 1 nitrogen and oxygen atoms in total. The van der Waals surface area contributed by atoms with Crippen LogP contribution in [0.1, 0.15) is 32.3 Å². The van der Waals surface area contributed by atoms with E-state index in [9.17, 15) is 5.11 Å². The van der Waals surface area contributed by atoms with Crippen molar-refractivity contribution >= 4 is 0 Å². The van der Waals surface area contributed by atoms with Gasteiger partial charge in [-0.2, -0.15) is 0 Å². The fourth-order valence-corrected chi connectivity index (χ4v) is 1.86. The number of rotatable bonds is 5. The topological polar surface area (TPSA) is 20.2 Å². The summed E-state index contributed by atoms with van der Waals surface area (Å²) in [5.41, 5.74) is 1.23. The Labute approximate surface area is 86.8 Å². The molecule has 1 rings (SSSR count). The molecular formula is C13H20O. The average molecular weight is 192 g/mol. The molecule has 0 amide bonds. The zero-order chi connectivity index (χ0) is 10.4. The second-order valence-electron chi connectivity index (χ2n) is 3.83. The Morgan fingerprint density at radius 2 is 1.64 bits per heavy atom. The van der Waals surface area contributed by atoms with Crippen LogP contribution in [0.5, 0.6) is 0 Å². The molecule has 0 radical (unpaired) electrons. The lowest BCUT2D eigenvalue weighted by atomic mass is 9.92. The first-order valence-electron chi connectivity index (χ1n) is 5.49. The third-order valence-corrected chi connectivity index (χ3v) is 2.88. The number of aliphatic hydroxyl groups is 1. The fraction of sp³-hybridized carbons (Fsp3) is 0.538. The third kappa shape index (κ3) is 3.15. The molecule has 1 unspecified atom stereocenters. The van der Waals surface area contributed by atoms with Gasteiger partial charge in [-0.1, -0.05) is 57.0 Å². The minimum atomic E-state index is -0.188. The van der Waals surface area contributed by atoms with Crippen LogP contribution in [0, 0.1) is 5.92 Å². The van der Waals surface area contributed by atoms with Crippen molar-refractivity contribution in [3.05, 3.63) is 35.9 Å². The number of benzene rings is 1. The lowest BCUT2D eigenvalue weighted by molar-refractivity contribution is 0.103. The van der Waals surface area contributed by atoms with E-state index in [1.54, 1.807) is 0 Å². The number of hydrogen-bond acceptors (Lipinski definition) is 1. The predicted molar refractivity (Wildman–Crippen MR) is 60.2 cm³/mol. The molecule has 1 aromatic carbocycles. The molecule has 0 fully saturated rings. The summed E-state index contributed by atoms with van der Waals surface area (Å²) in [7, 11) is 0. The van der Waals surface area contributed by atoms with Crippen molar-refractivity contribution in [3.8, 4) is 0 Å². The number of aliphatic hydroxyl groups excluding tert-OH is 1. The summed E-state index contributed by atoms with van der Waals surface area (Å²) >= 11 is 0. The van der Waals surface area contributed by atoms with Gasteiger partial charge in [0.05, 0.1) is 6.10 Å². The van der Waals surface area contributed by atoms with Gasteiger partial charge in [0.15, 0.2) is 0 Å². The first kappa shape index (κ1) is 11.3. The van der Waals surface area contributed by atoms with Gasteiger partial charge in [0.2, 0.25) is 0 Å². The predicted octanol–water partition coefficient (Wildman–Crippen LogP) is 3.03. The molecular weight excluding hydrogens is 172 g/mol. The van der Waals surface area contributed by atoms with Crippen LogP contribution in [-0.2, 0) is 6.42 Å². The summed E-state index contributed by atoms with van der Waals surface area (Å²) in [6.07, 6.45) is 2.72. The van der Waals surface area contributed by atoms with E-state index in [2.05, 4.69) is 26.0 Å². The van der Waals surface area contributed by atoms with E-state index < -0.39 is 0 Å².